The molecule has 0 atom stereocenters. The van der Waals surface area contributed by atoms with Gasteiger partial charge < -0.3 is 11.1 Å². The lowest BCUT2D eigenvalue weighted by molar-refractivity contribution is 0.307. The number of sulfonamides is 1. The molecule has 1 saturated carbocycles. The van der Waals surface area contributed by atoms with E-state index in [1.54, 1.807) is 6.07 Å². The molecular weight excluding hydrogens is 238 g/mol. The Labute approximate surface area is 101 Å². The van der Waals surface area contributed by atoms with Gasteiger partial charge in [-0.3, -0.25) is 0 Å². The second-order valence-corrected chi connectivity index (χ2v) is 6.39. The van der Waals surface area contributed by atoms with Gasteiger partial charge in [0.15, 0.2) is 0 Å². The van der Waals surface area contributed by atoms with Gasteiger partial charge in [0.1, 0.15) is 0 Å². The number of nitrogens with one attached hydrogen (secondary N) is 1. The maximum absolute atomic E-state index is 11.2. The van der Waals surface area contributed by atoms with Crippen molar-refractivity contribution in [2.45, 2.75) is 36.6 Å². The van der Waals surface area contributed by atoms with Crippen LogP contribution in [0.15, 0.2) is 23.1 Å². The molecule has 0 bridgehead atoms. The van der Waals surface area contributed by atoms with Crippen LogP contribution in [0, 0.1) is 0 Å². The third-order valence-electron chi connectivity index (χ3n) is 3.25. The maximum Gasteiger partial charge on any atom is 0.238 e. The highest BCUT2D eigenvalue weighted by Gasteiger charge is 2.31. The minimum absolute atomic E-state index is 0.0410. The molecule has 6 heteroatoms. The highest BCUT2D eigenvalue weighted by molar-refractivity contribution is 7.89. The molecule has 2 rings (SSSR count). The molecule has 94 valence electrons. The fourth-order valence-electron chi connectivity index (χ4n) is 1.99. The van der Waals surface area contributed by atoms with Gasteiger partial charge in [0.2, 0.25) is 10.0 Å². The normalized spacial score (nSPS) is 18.5. The predicted octanol–water partition coefficient (Wildman–Crippen LogP) is 1.27. The van der Waals surface area contributed by atoms with Crippen LogP contribution in [0.3, 0.4) is 0 Å². The van der Waals surface area contributed by atoms with E-state index in [1.807, 2.05) is 0 Å². The number of nitrogen functional groups attached to an aromatic ring is 1. The topological polar surface area (TPSA) is 98.2 Å². The fraction of sp³-hybridized carbons (Fsp3) is 0.455. The minimum atomic E-state index is -3.69. The second-order valence-electron chi connectivity index (χ2n) is 4.83. The zero-order valence-corrected chi connectivity index (χ0v) is 10.5. The Bertz CT molecular complexity index is 536. The molecule has 0 aliphatic heterocycles. The van der Waals surface area contributed by atoms with Crippen LogP contribution in [0.1, 0.15) is 26.2 Å². The zero-order chi connectivity index (χ0) is 12.7. The van der Waals surface area contributed by atoms with E-state index in [9.17, 15) is 8.42 Å². The molecule has 0 aromatic heterocycles. The first-order chi connectivity index (χ1) is 7.80. The van der Waals surface area contributed by atoms with Crippen molar-refractivity contribution in [3.63, 3.8) is 0 Å². The van der Waals surface area contributed by atoms with E-state index in [2.05, 4.69) is 12.2 Å². The van der Waals surface area contributed by atoms with E-state index in [0.29, 0.717) is 5.69 Å². The molecule has 0 unspecified atom stereocenters. The molecule has 1 aromatic carbocycles. The van der Waals surface area contributed by atoms with Crippen molar-refractivity contribution in [1.82, 2.24) is 0 Å². The van der Waals surface area contributed by atoms with Gasteiger partial charge in [0, 0.05) is 5.54 Å². The number of rotatable bonds is 3. The van der Waals surface area contributed by atoms with Crippen LogP contribution >= 0.6 is 0 Å². The van der Waals surface area contributed by atoms with Gasteiger partial charge in [-0.15, -0.1) is 0 Å². The molecular formula is C11H17N3O2S. The average Bonchev–Trinajstić information content (AvgIpc) is 2.17. The summed E-state index contributed by atoms with van der Waals surface area (Å²) < 4.78 is 22.3. The maximum atomic E-state index is 11.2. The Hall–Kier alpha value is -1.27. The minimum Gasteiger partial charge on any atom is -0.397 e. The lowest BCUT2D eigenvalue weighted by atomic mass is 9.78. The summed E-state index contributed by atoms with van der Waals surface area (Å²) in [6.45, 7) is 2.13. The molecule has 17 heavy (non-hydrogen) atoms. The molecule has 0 spiro atoms. The summed E-state index contributed by atoms with van der Waals surface area (Å²) in [5.74, 6) is 0. The highest BCUT2D eigenvalue weighted by atomic mass is 32.2. The average molecular weight is 255 g/mol. The summed E-state index contributed by atoms with van der Waals surface area (Å²) >= 11 is 0. The lowest BCUT2D eigenvalue weighted by Gasteiger charge is -2.40. The van der Waals surface area contributed by atoms with E-state index < -0.39 is 10.0 Å². The van der Waals surface area contributed by atoms with Crippen molar-refractivity contribution in [3.05, 3.63) is 18.2 Å². The van der Waals surface area contributed by atoms with Gasteiger partial charge >= 0.3 is 0 Å². The quantitative estimate of drug-likeness (QED) is 0.708. The first kappa shape index (κ1) is 12.2. The molecule has 1 aromatic rings. The van der Waals surface area contributed by atoms with Crippen LogP contribution in [0.4, 0.5) is 11.4 Å². The van der Waals surface area contributed by atoms with Crippen LogP contribution in [0.25, 0.3) is 0 Å². The van der Waals surface area contributed by atoms with E-state index in [0.717, 1.165) is 18.5 Å². The van der Waals surface area contributed by atoms with Crippen LogP contribution in [0.2, 0.25) is 0 Å². The van der Waals surface area contributed by atoms with Crippen LogP contribution in [-0.2, 0) is 10.0 Å². The lowest BCUT2D eigenvalue weighted by Crippen LogP contribution is -2.41. The van der Waals surface area contributed by atoms with Crippen molar-refractivity contribution in [2.24, 2.45) is 5.14 Å². The van der Waals surface area contributed by atoms with Crippen LogP contribution < -0.4 is 16.2 Å². The summed E-state index contributed by atoms with van der Waals surface area (Å²) in [5.41, 5.74) is 7.07. The van der Waals surface area contributed by atoms with Gasteiger partial charge in [-0.05, 0) is 44.4 Å². The molecule has 0 saturated heterocycles. The number of anilines is 2. The standard InChI is InChI=1S/C11H17N3O2S/c1-11(5-2-6-11)14-10-4-3-8(7-9(10)12)17(13,15)16/h3-4,7,14H,2,5-6,12H2,1H3,(H2,13,15,16). The molecule has 5 N–H and O–H groups in total. The van der Waals surface area contributed by atoms with E-state index >= 15 is 0 Å². The molecule has 1 fully saturated rings. The Morgan fingerprint density at radius 2 is 2.00 bits per heavy atom. The molecule has 1 aliphatic carbocycles. The monoisotopic (exact) mass is 255 g/mol. The van der Waals surface area contributed by atoms with Crippen LogP contribution in [0.5, 0.6) is 0 Å². The first-order valence-electron chi connectivity index (χ1n) is 5.51. The van der Waals surface area contributed by atoms with E-state index in [1.165, 1.54) is 18.6 Å². The molecule has 5 nitrogen and oxygen atoms in total. The van der Waals surface area contributed by atoms with Crippen molar-refractivity contribution in [2.75, 3.05) is 11.1 Å². The predicted molar refractivity (Wildman–Crippen MR) is 68.1 cm³/mol. The third-order valence-corrected chi connectivity index (χ3v) is 4.16. The van der Waals surface area contributed by atoms with E-state index in [4.69, 9.17) is 10.9 Å². The van der Waals surface area contributed by atoms with Gasteiger partial charge in [-0.1, -0.05) is 0 Å². The number of primary sulfonamides is 1. The van der Waals surface area contributed by atoms with Gasteiger partial charge in [-0.25, -0.2) is 13.6 Å². The fourth-order valence-corrected chi connectivity index (χ4v) is 2.54. The van der Waals surface area contributed by atoms with Gasteiger partial charge in [0.05, 0.1) is 16.3 Å². The summed E-state index contributed by atoms with van der Waals surface area (Å²) in [4.78, 5) is 0.0410. The summed E-state index contributed by atoms with van der Waals surface area (Å²) in [6, 6.07) is 4.52. The Morgan fingerprint density at radius 3 is 2.41 bits per heavy atom. The van der Waals surface area contributed by atoms with Gasteiger partial charge in [0.25, 0.3) is 0 Å². The largest absolute Gasteiger partial charge is 0.397 e. The second kappa shape index (κ2) is 3.89. The Morgan fingerprint density at radius 1 is 1.35 bits per heavy atom. The molecule has 1 aliphatic rings. The molecule has 0 amide bonds. The number of hydrogen-bond acceptors (Lipinski definition) is 4. The number of nitrogens with two attached hydrogens (primary N) is 2. The number of benzene rings is 1. The SMILES string of the molecule is CC1(Nc2ccc(S(N)(=O)=O)cc2N)CCC1. The van der Waals surface area contributed by atoms with Crippen molar-refractivity contribution >= 4 is 21.4 Å². The highest BCUT2D eigenvalue weighted by Crippen LogP contribution is 2.36. The first-order valence-corrected chi connectivity index (χ1v) is 7.05. The van der Waals surface area contributed by atoms with Crippen LogP contribution in [-0.4, -0.2) is 14.0 Å². The Kier molecular flexibility index (Phi) is 2.79. The van der Waals surface area contributed by atoms with Crippen molar-refractivity contribution in [1.29, 1.82) is 0 Å². The summed E-state index contributed by atoms with van der Waals surface area (Å²) in [7, 11) is -3.69. The third kappa shape index (κ3) is 2.53. The van der Waals surface area contributed by atoms with Gasteiger partial charge in [-0.2, -0.15) is 0 Å². The molecule has 0 heterocycles. The summed E-state index contributed by atoms with van der Waals surface area (Å²) in [6.07, 6.45) is 3.41. The molecule has 0 radical (unpaired) electrons. The number of hydrogen-bond donors (Lipinski definition) is 3. The smallest absolute Gasteiger partial charge is 0.238 e. The summed E-state index contributed by atoms with van der Waals surface area (Å²) in [5, 5.41) is 8.38. The van der Waals surface area contributed by atoms with E-state index in [-0.39, 0.29) is 10.4 Å². The zero-order valence-electron chi connectivity index (χ0n) is 9.73. The Balaban J connectivity index is 2.26. The van der Waals surface area contributed by atoms with Crippen molar-refractivity contribution < 1.29 is 8.42 Å². The van der Waals surface area contributed by atoms with Crippen molar-refractivity contribution in [3.8, 4) is 0 Å².